The van der Waals surface area contributed by atoms with Crippen LogP contribution in [0.5, 0.6) is 0 Å². The van der Waals surface area contributed by atoms with Crippen LogP contribution in [-0.4, -0.2) is 40.3 Å². The molecule has 0 spiro atoms. The van der Waals surface area contributed by atoms with Crippen molar-refractivity contribution in [2.75, 3.05) is 13.1 Å². The SMILES string of the molecule is O=C(O)[C@@H]1CN(Cc2c(F)cccc2F)CC[C@@H]1O. The lowest BCUT2D eigenvalue weighted by Crippen LogP contribution is -2.46. The van der Waals surface area contributed by atoms with E-state index in [0.29, 0.717) is 6.54 Å². The van der Waals surface area contributed by atoms with Crippen molar-refractivity contribution in [3.8, 4) is 0 Å². The molecule has 1 saturated heterocycles. The average molecular weight is 271 g/mol. The fourth-order valence-electron chi connectivity index (χ4n) is 2.30. The maximum atomic E-state index is 13.5. The number of carbonyl (C=O) groups is 1. The van der Waals surface area contributed by atoms with Gasteiger partial charge in [0.25, 0.3) is 0 Å². The lowest BCUT2D eigenvalue weighted by Gasteiger charge is -2.34. The first-order chi connectivity index (χ1) is 8.99. The van der Waals surface area contributed by atoms with E-state index in [2.05, 4.69) is 0 Å². The Morgan fingerprint density at radius 1 is 1.37 bits per heavy atom. The molecule has 4 nitrogen and oxygen atoms in total. The van der Waals surface area contributed by atoms with Gasteiger partial charge in [0.15, 0.2) is 0 Å². The number of halogens is 2. The third-order valence-corrected chi connectivity index (χ3v) is 3.42. The van der Waals surface area contributed by atoms with Crippen LogP contribution in [0.4, 0.5) is 8.78 Å². The summed E-state index contributed by atoms with van der Waals surface area (Å²) < 4.78 is 27.0. The molecule has 1 aromatic rings. The van der Waals surface area contributed by atoms with Gasteiger partial charge in [-0.05, 0) is 18.6 Å². The van der Waals surface area contributed by atoms with Gasteiger partial charge in [-0.3, -0.25) is 9.69 Å². The van der Waals surface area contributed by atoms with E-state index in [1.807, 2.05) is 0 Å². The number of likely N-dealkylation sites (tertiary alicyclic amines) is 1. The van der Waals surface area contributed by atoms with Gasteiger partial charge in [-0.1, -0.05) is 6.07 Å². The van der Waals surface area contributed by atoms with Crippen LogP contribution in [0.2, 0.25) is 0 Å². The summed E-state index contributed by atoms with van der Waals surface area (Å²) in [5.74, 6) is -3.29. The Labute approximate surface area is 109 Å². The van der Waals surface area contributed by atoms with Crippen LogP contribution >= 0.6 is 0 Å². The summed E-state index contributed by atoms with van der Waals surface area (Å²) in [5.41, 5.74) is -0.0666. The Hall–Kier alpha value is -1.53. The molecular formula is C13H15F2NO3. The van der Waals surface area contributed by atoms with E-state index in [9.17, 15) is 18.7 Å². The molecule has 0 aromatic heterocycles. The lowest BCUT2D eigenvalue weighted by molar-refractivity contribution is -0.149. The maximum Gasteiger partial charge on any atom is 0.310 e. The van der Waals surface area contributed by atoms with Crippen LogP contribution in [0.3, 0.4) is 0 Å². The number of nitrogens with zero attached hydrogens (tertiary/aromatic N) is 1. The Morgan fingerprint density at radius 2 is 2.00 bits per heavy atom. The summed E-state index contributed by atoms with van der Waals surface area (Å²) in [7, 11) is 0. The minimum atomic E-state index is -1.09. The first-order valence-electron chi connectivity index (χ1n) is 6.05. The smallest absolute Gasteiger partial charge is 0.310 e. The minimum Gasteiger partial charge on any atom is -0.481 e. The van der Waals surface area contributed by atoms with Crippen LogP contribution in [-0.2, 0) is 11.3 Å². The zero-order chi connectivity index (χ0) is 14.0. The summed E-state index contributed by atoms with van der Waals surface area (Å²) in [5, 5.41) is 18.5. The second-order valence-electron chi connectivity index (χ2n) is 4.74. The minimum absolute atomic E-state index is 0.00894. The zero-order valence-corrected chi connectivity index (χ0v) is 10.2. The van der Waals surface area contributed by atoms with Gasteiger partial charge in [0.1, 0.15) is 11.6 Å². The van der Waals surface area contributed by atoms with Crippen LogP contribution in [0.25, 0.3) is 0 Å². The van der Waals surface area contributed by atoms with Crippen molar-refractivity contribution in [2.24, 2.45) is 5.92 Å². The van der Waals surface area contributed by atoms with Crippen molar-refractivity contribution < 1.29 is 23.8 Å². The second-order valence-corrected chi connectivity index (χ2v) is 4.74. The molecule has 0 amide bonds. The molecule has 6 heteroatoms. The van der Waals surface area contributed by atoms with E-state index >= 15 is 0 Å². The molecule has 0 aliphatic carbocycles. The number of aliphatic hydroxyl groups is 1. The molecule has 1 aliphatic rings. The Morgan fingerprint density at radius 3 is 2.58 bits per heavy atom. The molecule has 1 heterocycles. The molecule has 104 valence electrons. The standard InChI is InChI=1S/C13H15F2NO3/c14-10-2-1-3-11(15)8(10)6-16-5-4-12(17)9(7-16)13(18)19/h1-3,9,12,17H,4-7H2,(H,18,19)/t9-,12+/m1/s1. The number of benzene rings is 1. The van der Waals surface area contributed by atoms with Gasteiger partial charge in [-0.25, -0.2) is 8.78 Å². The number of hydrogen-bond donors (Lipinski definition) is 2. The number of carboxylic acid groups (broad SMARTS) is 1. The van der Waals surface area contributed by atoms with E-state index in [1.165, 1.54) is 18.2 Å². The number of hydrogen-bond acceptors (Lipinski definition) is 3. The monoisotopic (exact) mass is 271 g/mol. The second kappa shape index (κ2) is 5.63. The summed E-state index contributed by atoms with van der Waals surface area (Å²) in [6, 6.07) is 3.63. The molecular weight excluding hydrogens is 256 g/mol. The highest BCUT2D eigenvalue weighted by atomic mass is 19.1. The fourth-order valence-corrected chi connectivity index (χ4v) is 2.30. The number of aliphatic carboxylic acids is 1. The Balaban J connectivity index is 2.10. The predicted octanol–water partition coefficient (Wildman–Crippen LogP) is 1.23. The number of carboxylic acids is 1. The maximum absolute atomic E-state index is 13.5. The highest BCUT2D eigenvalue weighted by Gasteiger charge is 2.33. The quantitative estimate of drug-likeness (QED) is 0.868. The van der Waals surface area contributed by atoms with E-state index in [4.69, 9.17) is 5.11 Å². The van der Waals surface area contributed by atoms with Crippen LogP contribution in [0, 0.1) is 17.6 Å². The molecule has 0 bridgehead atoms. The molecule has 0 unspecified atom stereocenters. The van der Waals surface area contributed by atoms with Crippen LogP contribution in [0.1, 0.15) is 12.0 Å². The molecule has 19 heavy (non-hydrogen) atoms. The zero-order valence-electron chi connectivity index (χ0n) is 10.2. The molecule has 0 radical (unpaired) electrons. The first kappa shape index (κ1) is 13.9. The highest BCUT2D eigenvalue weighted by Crippen LogP contribution is 2.21. The fraction of sp³-hybridized carbons (Fsp3) is 0.462. The van der Waals surface area contributed by atoms with Gasteiger partial charge in [-0.2, -0.15) is 0 Å². The number of aliphatic hydroxyl groups excluding tert-OH is 1. The van der Waals surface area contributed by atoms with E-state index in [0.717, 1.165) is 0 Å². The van der Waals surface area contributed by atoms with Crippen molar-refractivity contribution >= 4 is 5.97 Å². The Kier molecular flexibility index (Phi) is 4.11. The predicted molar refractivity (Wildman–Crippen MR) is 63.4 cm³/mol. The van der Waals surface area contributed by atoms with Gasteiger partial charge in [0, 0.05) is 25.2 Å². The van der Waals surface area contributed by atoms with E-state index in [-0.39, 0.29) is 25.1 Å². The molecule has 1 aromatic carbocycles. The summed E-state index contributed by atoms with van der Waals surface area (Å²) in [6.45, 7) is 0.512. The van der Waals surface area contributed by atoms with Crippen molar-refractivity contribution in [1.29, 1.82) is 0 Å². The summed E-state index contributed by atoms with van der Waals surface area (Å²) >= 11 is 0. The van der Waals surface area contributed by atoms with Crippen LogP contribution in [0.15, 0.2) is 18.2 Å². The van der Waals surface area contributed by atoms with Crippen molar-refractivity contribution in [2.45, 2.75) is 19.1 Å². The van der Waals surface area contributed by atoms with E-state index in [1.54, 1.807) is 4.90 Å². The molecule has 1 aliphatic heterocycles. The van der Waals surface area contributed by atoms with Crippen molar-refractivity contribution in [3.05, 3.63) is 35.4 Å². The molecule has 2 atom stereocenters. The topological polar surface area (TPSA) is 60.8 Å². The van der Waals surface area contributed by atoms with Gasteiger partial charge in [0.2, 0.25) is 0 Å². The Bertz CT molecular complexity index is 461. The largest absolute Gasteiger partial charge is 0.481 e. The number of piperidine rings is 1. The van der Waals surface area contributed by atoms with Crippen LogP contribution < -0.4 is 0 Å². The average Bonchev–Trinajstić information content (AvgIpc) is 2.35. The van der Waals surface area contributed by atoms with Gasteiger partial charge in [-0.15, -0.1) is 0 Å². The van der Waals surface area contributed by atoms with Gasteiger partial charge >= 0.3 is 5.97 Å². The lowest BCUT2D eigenvalue weighted by atomic mass is 9.94. The van der Waals surface area contributed by atoms with Crippen molar-refractivity contribution in [3.63, 3.8) is 0 Å². The normalized spacial score (nSPS) is 24.4. The molecule has 1 fully saturated rings. The third-order valence-electron chi connectivity index (χ3n) is 3.42. The number of rotatable bonds is 3. The molecule has 2 N–H and O–H groups in total. The molecule has 0 saturated carbocycles. The van der Waals surface area contributed by atoms with E-state index < -0.39 is 29.6 Å². The highest BCUT2D eigenvalue weighted by molar-refractivity contribution is 5.71. The summed E-state index contributed by atoms with van der Waals surface area (Å²) in [4.78, 5) is 12.6. The van der Waals surface area contributed by atoms with Gasteiger partial charge < -0.3 is 10.2 Å². The van der Waals surface area contributed by atoms with Crippen molar-refractivity contribution in [1.82, 2.24) is 4.90 Å². The van der Waals surface area contributed by atoms with Gasteiger partial charge in [0.05, 0.1) is 12.0 Å². The molecule has 2 rings (SSSR count). The summed E-state index contributed by atoms with van der Waals surface area (Å²) in [6.07, 6.45) is -0.619. The first-order valence-corrected chi connectivity index (χ1v) is 6.05. The third kappa shape index (κ3) is 3.08.